The van der Waals surface area contributed by atoms with Gasteiger partial charge in [-0.1, -0.05) is 18.2 Å². The van der Waals surface area contributed by atoms with Crippen LogP contribution in [0.15, 0.2) is 18.2 Å². The normalized spacial score (nSPS) is 31.4. The Hall–Kier alpha value is -0.820. The van der Waals surface area contributed by atoms with E-state index < -0.39 is 0 Å². The zero-order chi connectivity index (χ0) is 7.42. The molecule has 0 unspecified atom stereocenters. The van der Waals surface area contributed by atoms with E-state index in [-0.39, 0.29) is 0 Å². The van der Waals surface area contributed by atoms with Gasteiger partial charge in [-0.3, -0.25) is 0 Å². The van der Waals surface area contributed by atoms with Gasteiger partial charge >= 0.3 is 0 Å². The topological polar surface area (TPSA) is 12.5 Å². The first kappa shape index (κ1) is 5.78. The Morgan fingerprint density at radius 3 is 3.18 bits per heavy atom. The zero-order valence-electron chi connectivity index (χ0n) is 6.50. The molecule has 1 heteroatoms. The maximum atomic E-state index is 5.46. The molecule has 0 bridgehead atoms. The maximum Gasteiger partial charge on any atom is 0.110 e. The maximum absolute atomic E-state index is 5.46. The summed E-state index contributed by atoms with van der Waals surface area (Å²) in [6.07, 6.45) is 2.14. The minimum atomic E-state index is 0.464. The number of hydrogen-bond donors (Lipinski definition) is 0. The molecule has 1 nitrogen and oxygen atoms in total. The largest absolute Gasteiger partial charge is 0.364 e. The Labute approximate surface area is 66.0 Å². The molecule has 11 heavy (non-hydrogen) atoms. The van der Waals surface area contributed by atoms with Gasteiger partial charge in [0, 0.05) is 6.42 Å². The molecule has 0 radical (unpaired) electrons. The van der Waals surface area contributed by atoms with Crippen LogP contribution in [0.3, 0.4) is 0 Å². The van der Waals surface area contributed by atoms with E-state index in [0.717, 1.165) is 6.42 Å². The summed E-state index contributed by atoms with van der Waals surface area (Å²) in [5.41, 5.74) is 4.37. The van der Waals surface area contributed by atoms with Crippen LogP contribution in [0.25, 0.3) is 0 Å². The van der Waals surface area contributed by atoms with Gasteiger partial charge in [-0.15, -0.1) is 0 Å². The highest BCUT2D eigenvalue weighted by Gasteiger charge is 2.47. The lowest BCUT2D eigenvalue weighted by Crippen LogP contribution is -1.90. The standard InChI is InChI=1S/C10H10O/c1-6-3-2-4-7-5-8-10(11-8)9(6)7/h2-4,8,10H,5H2,1H3/t8-,10+/m0/s1. The van der Waals surface area contributed by atoms with Gasteiger partial charge in [-0.25, -0.2) is 0 Å². The third-order valence-corrected chi connectivity index (χ3v) is 2.70. The summed E-state index contributed by atoms with van der Waals surface area (Å²) in [6, 6.07) is 6.53. The molecule has 3 rings (SSSR count). The number of aryl methyl sites for hydroxylation is 1. The molecule has 56 valence electrons. The van der Waals surface area contributed by atoms with Crippen molar-refractivity contribution < 1.29 is 4.74 Å². The fourth-order valence-electron chi connectivity index (χ4n) is 2.10. The van der Waals surface area contributed by atoms with Gasteiger partial charge in [0.25, 0.3) is 0 Å². The van der Waals surface area contributed by atoms with Crippen LogP contribution in [-0.4, -0.2) is 6.10 Å². The average molecular weight is 146 g/mol. The van der Waals surface area contributed by atoms with Gasteiger partial charge in [0.2, 0.25) is 0 Å². The summed E-state index contributed by atoms with van der Waals surface area (Å²) >= 11 is 0. The molecule has 1 saturated heterocycles. The first-order valence-corrected chi connectivity index (χ1v) is 4.10. The van der Waals surface area contributed by atoms with E-state index in [0.29, 0.717) is 12.2 Å². The minimum Gasteiger partial charge on any atom is -0.364 e. The van der Waals surface area contributed by atoms with Gasteiger partial charge in [0.15, 0.2) is 0 Å². The predicted molar refractivity (Wildman–Crippen MR) is 42.5 cm³/mol. The summed E-state index contributed by atoms with van der Waals surface area (Å²) in [7, 11) is 0. The quantitative estimate of drug-likeness (QED) is 0.510. The third-order valence-electron chi connectivity index (χ3n) is 2.70. The van der Waals surface area contributed by atoms with E-state index in [2.05, 4.69) is 25.1 Å². The highest BCUT2D eigenvalue weighted by atomic mass is 16.6. The van der Waals surface area contributed by atoms with E-state index in [9.17, 15) is 0 Å². The molecule has 2 aliphatic rings. The molecule has 0 N–H and O–H groups in total. The Bertz CT molecular complexity index is 317. The molecule has 0 amide bonds. The molecule has 0 saturated carbocycles. The van der Waals surface area contributed by atoms with E-state index >= 15 is 0 Å². The minimum absolute atomic E-state index is 0.464. The van der Waals surface area contributed by atoms with Crippen molar-refractivity contribution in [3.63, 3.8) is 0 Å². The number of benzene rings is 1. The number of ether oxygens (including phenoxy) is 1. The second-order valence-electron chi connectivity index (χ2n) is 3.45. The van der Waals surface area contributed by atoms with Gasteiger partial charge in [0.1, 0.15) is 6.10 Å². The van der Waals surface area contributed by atoms with Crippen molar-refractivity contribution in [2.45, 2.75) is 25.6 Å². The Morgan fingerprint density at radius 2 is 2.36 bits per heavy atom. The molecule has 1 aromatic carbocycles. The van der Waals surface area contributed by atoms with Crippen LogP contribution in [0, 0.1) is 6.92 Å². The van der Waals surface area contributed by atoms with Crippen molar-refractivity contribution in [1.29, 1.82) is 0 Å². The molecule has 2 atom stereocenters. The zero-order valence-corrected chi connectivity index (χ0v) is 6.50. The number of hydrogen-bond acceptors (Lipinski definition) is 1. The smallest absolute Gasteiger partial charge is 0.110 e. The second kappa shape index (κ2) is 1.67. The van der Waals surface area contributed by atoms with E-state index in [1.807, 2.05) is 0 Å². The molecule has 1 aliphatic carbocycles. The molecule has 1 aromatic rings. The van der Waals surface area contributed by atoms with Crippen LogP contribution >= 0.6 is 0 Å². The van der Waals surface area contributed by atoms with Crippen molar-refractivity contribution in [2.75, 3.05) is 0 Å². The molecular weight excluding hydrogens is 136 g/mol. The van der Waals surface area contributed by atoms with Crippen LogP contribution in [0.4, 0.5) is 0 Å². The number of epoxide rings is 1. The lowest BCUT2D eigenvalue weighted by molar-refractivity contribution is 0.360. The van der Waals surface area contributed by atoms with Crippen LogP contribution in [0.2, 0.25) is 0 Å². The van der Waals surface area contributed by atoms with Crippen LogP contribution < -0.4 is 0 Å². The first-order valence-electron chi connectivity index (χ1n) is 4.10. The predicted octanol–water partition coefficient (Wildman–Crippen LogP) is 1.99. The lowest BCUT2D eigenvalue weighted by Gasteiger charge is -2.04. The summed E-state index contributed by atoms with van der Waals surface area (Å²) in [6.45, 7) is 2.17. The van der Waals surface area contributed by atoms with E-state index in [1.165, 1.54) is 16.7 Å². The summed E-state index contributed by atoms with van der Waals surface area (Å²) in [4.78, 5) is 0. The van der Waals surface area contributed by atoms with Crippen LogP contribution in [-0.2, 0) is 11.2 Å². The Balaban J connectivity index is 2.25. The summed E-state index contributed by atoms with van der Waals surface area (Å²) in [5, 5.41) is 0. The number of rotatable bonds is 0. The Morgan fingerprint density at radius 1 is 1.45 bits per heavy atom. The van der Waals surface area contributed by atoms with Crippen LogP contribution in [0.1, 0.15) is 22.8 Å². The van der Waals surface area contributed by atoms with Crippen molar-refractivity contribution in [3.8, 4) is 0 Å². The molecule has 1 aliphatic heterocycles. The monoisotopic (exact) mass is 146 g/mol. The Kier molecular flexibility index (Phi) is 0.878. The molecule has 1 fully saturated rings. The van der Waals surface area contributed by atoms with Crippen molar-refractivity contribution in [2.24, 2.45) is 0 Å². The molecule has 1 heterocycles. The molecule has 0 aromatic heterocycles. The molecule has 0 spiro atoms. The highest BCUT2D eigenvalue weighted by molar-refractivity contribution is 5.44. The van der Waals surface area contributed by atoms with E-state index in [1.54, 1.807) is 0 Å². The lowest BCUT2D eigenvalue weighted by atomic mass is 10.0. The van der Waals surface area contributed by atoms with Gasteiger partial charge in [0.05, 0.1) is 6.10 Å². The first-order chi connectivity index (χ1) is 5.36. The second-order valence-corrected chi connectivity index (χ2v) is 3.45. The van der Waals surface area contributed by atoms with E-state index in [4.69, 9.17) is 4.74 Å². The summed E-state index contributed by atoms with van der Waals surface area (Å²) < 4.78 is 5.46. The summed E-state index contributed by atoms with van der Waals surface area (Å²) in [5.74, 6) is 0. The fraction of sp³-hybridized carbons (Fsp3) is 0.400. The van der Waals surface area contributed by atoms with Crippen molar-refractivity contribution in [3.05, 3.63) is 34.9 Å². The average Bonchev–Trinajstić information content (AvgIpc) is 2.62. The molecular formula is C10H10O. The van der Waals surface area contributed by atoms with Crippen LogP contribution in [0.5, 0.6) is 0 Å². The number of fused-ring (bicyclic) bond motifs is 3. The van der Waals surface area contributed by atoms with Gasteiger partial charge < -0.3 is 4.74 Å². The fourth-order valence-corrected chi connectivity index (χ4v) is 2.10. The van der Waals surface area contributed by atoms with Crippen molar-refractivity contribution in [1.82, 2.24) is 0 Å². The van der Waals surface area contributed by atoms with Gasteiger partial charge in [-0.05, 0) is 23.6 Å². The SMILES string of the molecule is Cc1cccc2c1[C@@H]1O[C@H]1C2. The highest BCUT2D eigenvalue weighted by Crippen LogP contribution is 2.49. The third kappa shape index (κ3) is 0.641. The van der Waals surface area contributed by atoms with Crippen molar-refractivity contribution >= 4 is 0 Å². The van der Waals surface area contributed by atoms with Gasteiger partial charge in [-0.2, -0.15) is 0 Å².